The van der Waals surface area contributed by atoms with Crippen LogP contribution in [0.2, 0.25) is 0 Å². The fourth-order valence-corrected chi connectivity index (χ4v) is 4.08. The molecule has 1 aliphatic heterocycles. The molecule has 2 aromatic heterocycles. The quantitative estimate of drug-likeness (QED) is 0.844. The van der Waals surface area contributed by atoms with Crippen molar-refractivity contribution >= 4 is 22.4 Å². The van der Waals surface area contributed by atoms with E-state index < -0.39 is 5.95 Å². The summed E-state index contributed by atoms with van der Waals surface area (Å²) < 4.78 is 13.4. The standard InChI is InChI=1S/C17H21FN4OS/c1-11-5-14(7-16(18)20-11)6-13-3-4-22(9-13)10-15-8-19-17(24-15)21-12(2)23/h5,7-8,13H,3-4,6,9-10H2,1-2H3,(H,19,21,23). The van der Waals surface area contributed by atoms with Crippen LogP contribution in [-0.2, 0) is 17.8 Å². The van der Waals surface area contributed by atoms with Crippen molar-refractivity contribution in [3.05, 3.63) is 40.4 Å². The van der Waals surface area contributed by atoms with Crippen molar-refractivity contribution in [2.75, 3.05) is 18.4 Å². The van der Waals surface area contributed by atoms with E-state index in [1.807, 2.05) is 19.2 Å². The molecule has 0 saturated carbocycles. The number of thiazole rings is 1. The van der Waals surface area contributed by atoms with Gasteiger partial charge in [0, 0.05) is 36.8 Å². The molecule has 0 bridgehead atoms. The highest BCUT2D eigenvalue weighted by Gasteiger charge is 2.23. The maximum Gasteiger partial charge on any atom is 0.223 e. The summed E-state index contributed by atoms with van der Waals surface area (Å²) in [4.78, 5) is 22.6. The average molecular weight is 348 g/mol. The van der Waals surface area contributed by atoms with E-state index in [2.05, 4.69) is 20.2 Å². The number of hydrogen-bond acceptors (Lipinski definition) is 5. The van der Waals surface area contributed by atoms with Gasteiger partial charge in [0.15, 0.2) is 5.13 Å². The van der Waals surface area contributed by atoms with E-state index >= 15 is 0 Å². The van der Waals surface area contributed by atoms with E-state index in [4.69, 9.17) is 0 Å². The van der Waals surface area contributed by atoms with Crippen LogP contribution in [0.1, 0.15) is 29.5 Å². The minimum atomic E-state index is -0.394. The molecule has 1 N–H and O–H groups in total. The molecule has 24 heavy (non-hydrogen) atoms. The summed E-state index contributed by atoms with van der Waals surface area (Å²) in [5, 5.41) is 3.36. The molecular weight excluding hydrogens is 327 g/mol. The highest BCUT2D eigenvalue weighted by molar-refractivity contribution is 7.15. The molecule has 1 amide bonds. The number of pyridine rings is 1. The van der Waals surface area contributed by atoms with E-state index in [1.54, 1.807) is 6.07 Å². The van der Waals surface area contributed by atoms with Crippen molar-refractivity contribution in [2.45, 2.75) is 33.2 Å². The van der Waals surface area contributed by atoms with Gasteiger partial charge in [0.1, 0.15) is 0 Å². The third kappa shape index (κ3) is 4.58. The van der Waals surface area contributed by atoms with Crippen molar-refractivity contribution in [1.29, 1.82) is 0 Å². The van der Waals surface area contributed by atoms with Gasteiger partial charge in [-0.25, -0.2) is 9.97 Å². The van der Waals surface area contributed by atoms with Crippen LogP contribution in [0.5, 0.6) is 0 Å². The molecule has 5 nitrogen and oxygen atoms in total. The Morgan fingerprint density at radius 3 is 3.08 bits per heavy atom. The molecule has 1 fully saturated rings. The summed E-state index contributed by atoms with van der Waals surface area (Å²) in [5.41, 5.74) is 1.76. The Morgan fingerprint density at radius 2 is 2.33 bits per heavy atom. The molecule has 0 spiro atoms. The predicted molar refractivity (Wildman–Crippen MR) is 92.4 cm³/mol. The number of nitrogens with zero attached hydrogens (tertiary/aromatic N) is 3. The maximum atomic E-state index is 13.4. The zero-order valence-corrected chi connectivity index (χ0v) is 14.7. The lowest BCUT2D eigenvalue weighted by Crippen LogP contribution is -2.20. The summed E-state index contributed by atoms with van der Waals surface area (Å²) >= 11 is 1.51. The number of carbonyl (C=O) groups is 1. The maximum absolute atomic E-state index is 13.4. The number of rotatable bonds is 5. The zero-order chi connectivity index (χ0) is 17.1. The fraction of sp³-hybridized carbons (Fsp3) is 0.471. The van der Waals surface area contributed by atoms with Gasteiger partial charge < -0.3 is 5.32 Å². The topological polar surface area (TPSA) is 58.1 Å². The highest BCUT2D eigenvalue weighted by atomic mass is 32.1. The van der Waals surface area contributed by atoms with Crippen LogP contribution in [-0.4, -0.2) is 33.9 Å². The Morgan fingerprint density at radius 1 is 1.50 bits per heavy atom. The monoisotopic (exact) mass is 348 g/mol. The predicted octanol–water partition coefficient (Wildman–Crippen LogP) is 3.01. The Kier molecular flexibility index (Phi) is 5.20. The summed E-state index contributed by atoms with van der Waals surface area (Å²) in [5.74, 6) is 0.0426. The van der Waals surface area contributed by atoms with Gasteiger partial charge in [-0.3, -0.25) is 9.69 Å². The number of carbonyl (C=O) groups excluding carboxylic acids is 1. The number of amides is 1. The zero-order valence-electron chi connectivity index (χ0n) is 13.9. The van der Waals surface area contributed by atoms with E-state index in [1.165, 1.54) is 18.3 Å². The smallest absolute Gasteiger partial charge is 0.223 e. The molecule has 2 aromatic rings. The number of likely N-dealkylation sites (tertiary alicyclic amines) is 1. The van der Waals surface area contributed by atoms with Crippen molar-refractivity contribution in [3.8, 4) is 0 Å². The van der Waals surface area contributed by atoms with Gasteiger partial charge in [-0.15, -0.1) is 11.3 Å². The first kappa shape index (κ1) is 17.0. The molecular formula is C17H21FN4OS. The van der Waals surface area contributed by atoms with Gasteiger partial charge >= 0.3 is 0 Å². The molecule has 7 heteroatoms. The number of anilines is 1. The minimum absolute atomic E-state index is 0.1000. The number of aromatic nitrogens is 2. The molecule has 3 heterocycles. The van der Waals surface area contributed by atoms with E-state index in [9.17, 15) is 9.18 Å². The second-order valence-electron chi connectivity index (χ2n) is 6.35. The fourth-order valence-electron chi connectivity index (χ4n) is 3.18. The van der Waals surface area contributed by atoms with Gasteiger partial charge in [0.25, 0.3) is 0 Å². The summed E-state index contributed by atoms with van der Waals surface area (Å²) in [6.07, 6.45) is 3.82. The van der Waals surface area contributed by atoms with Gasteiger partial charge in [0.2, 0.25) is 11.9 Å². The van der Waals surface area contributed by atoms with Crippen LogP contribution < -0.4 is 5.32 Å². The van der Waals surface area contributed by atoms with Crippen LogP contribution in [0.3, 0.4) is 0 Å². The van der Waals surface area contributed by atoms with Crippen LogP contribution in [0.15, 0.2) is 18.3 Å². The van der Waals surface area contributed by atoms with Crippen molar-refractivity contribution in [1.82, 2.24) is 14.9 Å². The minimum Gasteiger partial charge on any atom is -0.302 e. The number of halogens is 1. The molecule has 3 rings (SSSR count). The van der Waals surface area contributed by atoms with Crippen molar-refractivity contribution < 1.29 is 9.18 Å². The van der Waals surface area contributed by atoms with Gasteiger partial charge in [-0.2, -0.15) is 4.39 Å². The second-order valence-corrected chi connectivity index (χ2v) is 7.46. The molecule has 0 aliphatic carbocycles. The molecule has 0 radical (unpaired) electrons. The van der Waals surface area contributed by atoms with Gasteiger partial charge in [-0.05, 0) is 49.9 Å². The van der Waals surface area contributed by atoms with Crippen molar-refractivity contribution in [2.24, 2.45) is 5.92 Å². The summed E-state index contributed by atoms with van der Waals surface area (Å²) in [7, 11) is 0. The van der Waals surface area contributed by atoms with E-state index in [0.717, 1.165) is 48.6 Å². The Balaban J connectivity index is 1.53. The first-order valence-corrected chi connectivity index (χ1v) is 8.87. The largest absolute Gasteiger partial charge is 0.302 e. The molecule has 128 valence electrons. The molecule has 1 atom stereocenters. The lowest BCUT2D eigenvalue weighted by atomic mass is 9.99. The first-order valence-electron chi connectivity index (χ1n) is 8.05. The third-order valence-corrected chi connectivity index (χ3v) is 4.99. The van der Waals surface area contributed by atoms with Crippen LogP contribution in [0, 0.1) is 18.8 Å². The van der Waals surface area contributed by atoms with Crippen LogP contribution >= 0.6 is 11.3 Å². The molecule has 1 unspecified atom stereocenters. The second kappa shape index (κ2) is 7.36. The summed E-state index contributed by atoms with van der Waals surface area (Å²) in [6, 6.07) is 3.51. The first-order chi connectivity index (χ1) is 11.5. The number of aryl methyl sites for hydroxylation is 1. The van der Waals surface area contributed by atoms with Crippen molar-refractivity contribution in [3.63, 3.8) is 0 Å². The van der Waals surface area contributed by atoms with Crippen LogP contribution in [0.4, 0.5) is 9.52 Å². The molecule has 1 saturated heterocycles. The molecule has 0 aromatic carbocycles. The normalized spacial score (nSPS) is 18.0. The third-order valence-electron chi connectivity index (χ3n) is 4.09. The van der Waals surface area contributed by atoms with Gasteiger partial charge in [-0.1, -0.05) is 0 Å². The average Bonchev–Trinajstić information content (AvgIpc) is 3.07. The number of hydrogen-bond donors (Lipinski definition) is 1. The SMILES string of the molecule is CC(=O)Nc1ncc(CN2CCC(Cc3cc(C)nc(F)c3)C2)s1. The lowest BCUT2D eigenvalue weighted by molar-refractivity contribution is -0.114. The Labute approximate surface area is 144 Å². The van der Waals surface area contributed by atoms with Crippen LogP contribution in [0.25, 0.3) is 0 Å². The lowest BCUT2D eigenvalue weighted by Gasteiger charge is -2.15. The molecule has 1 aliphatic rings. The Hall–Kier alpha value is -1.86. The van der Waals surface area contributed by atoms with E-state index in [-0.39, 0.29) is 5.91 Å². The number of nitrogens with one attached hydrogen (secondary N) is 1. The van der Waals surface area contributed by atoms with E-state index in [0.29, 0.717) is 11.0 Å². The Bertz CT molecular complexity index is 713. The summed E-state index contributed by atoms with van der Waals surface area (Å²) in [6.45, 7) is 6.18. The highest BCUT2D eigenvalue weighted by Crippen LogP contribution is 2.25. The van der Waals surface area contributed by atoms with Gasteiger partial charge in [0.05, 0.1) is 0 Å².